The van der Waals surface area contributed by atoms with Gasteiger partial charge in [-0.1, -0.05) is 18.2 Å². The molecule has 0 saturated carbocycles. The maximum absolute atomic E-state index is 13.0. The van der Waals surface area contributed by atoms with E-state index in [1.54, 1.807) is 16.8 Å². The third kappa shape index (κ3) is 5.68. The van der Waals surface area contributed by atoms with Crippen LogP contribution in [-0.2, 0) is 11.2 Å². The Morgan fingerprint density at radius 2 is 1.59 bits per heavy atom. The lowest BCUT2D eigenvalue weighted by Crippen LogP contribution is -2.44. The predicted molar refractivity (Wildman–Crippen MR) is 144 cm³/mol. The molecular weight excluding hydrogens is 468 g/mol. The van der Waals surface area contributed by atoms with Crippen LogP contribution in [0.4, 0.5) is 17.1 Å². The van der Waals surface area contributed by atoms with E-state index in [0.29, 0.717) is 11.3 Å². The standard InChI is InChI=1S/C28H28N6O3/c1-31-15-17-32(18-16-31)24-13-9-23(10-14-24)29-27(35)19-22-20-33(25-5-3-2-4-6-25)30-28(22)21-7-11-26(12-8-21)34(36)37/h2-14,20H,15-19H2,1H3,(H,29,35). The van der Waals surface area contributed by atoms with Crippen molar-refractivity contribution in [2.75, 3.05) is 43.4 Å². The lowest BCUT2D eigenvalue weighted by atomic mass is 10.1. The second-order valence-corrected chi connectivity index (χ2v) is 9.15. The lowest BCUT2D eigenvalue weighted by molar-refractivity contribution is -0.384. The molecule has 1 amide bonds. The molecule has 1 saturated heterocycles. The number of hydrogen-bond acceptors (Lipinski definition) is 6. The number of nitrogens with zero attached hydrogens (tertiary/aromatic N) is 5. The molecule has 9 heteroatoms. The molecule has 5 rings (SSSR count). The molecule has 1 N–H and O–H groups in total. The number of aromatic nitrogens is 2. The molecule has 1 fully saturated rings. The summed E-state index contributed by atoms with van der Waals surface area (Å²) in [4.78, 5) is 28.3. The highest BCUT2D eigenvalue weighted by atomic mass is 16.6. The second kappa shape index (κ2) is 10.6. The summed E-state index contributed by atoms with van der Waals surface area (Å²) in [5, 5.41) is 18.8. The van der Waals surface area contributed by atoms with Crippen molar-refractivity contribution in [3.05, 3.63) is 101 Å². The van der Waals surface area contributed by atoms with Crippen LogP contribution in [0.2, 0.25) is 0 Å². The number of nitro groups is 1. The Morgan fingerprint density at radius 3 is 2.24 bits per heavy atom. The molecule has 3 aromatic carbocycles. The van der Waals surface area contributed by atoms with Crippen molar-refractivity contribution < 1.29 is 9.72 Å². The number of non-ortho nitro benzene ring substituents is 1. The van der Waals surface area contributed by atoms with Crippen molar-refractivity contribution in [2.45, 2.75) is 6.42 Å². The Bertz CT molecular complexity index is 1380. The third-order valence-corrected chi connectivity index (χ3v) is 6.53. The summed E-state index contributed by atoms with van der Waals surface area (Å²) in [5.41, 5.74) is 4.79. The Hall–Kier alpha value is -4.50. The topological polar surface area (TPSA) is 96.5 Å². The van der Waals surface area contributed by atoms with Gasteiger partial charge in [0.05, 0.1) is 22.7 Å². The lowest BCUT2D eigenvalue weighted by Gasteiger charge is -2.34. The zero-order valence-electron chi connectivity index (χ0n) is 20.6. The summed E-state index contributed by atoms with van der Waals surface area (Å²) in [6.45, 7) is 4.04. The first-order valence-electron chi connectivity index (χ1n) is 12.2. The molecule has 2 heterocycles. The maximum Gasteiger partial charge on any atom is 0.269 e. The average Bonchev–Trinajstić information content (AvgIpc) is 3.33. The van der Waals surface area contributed by atoms with Gasteiger partial charge >= 0.3 is 0 Å². The molecule has 0 spiro atoms. The SMILES string of the molecule is CN1CCN(c2ccc(NC(=O)Cc3cn(-c4ccccc4)nc3-c3ccc([N+](=O)[O-])cc3)cc2)CC1. The molecule has 1 aliphatic rings. The number of carbonyl (C=O) groups excluding carboxylic acids is 1. The van der Waals surface area contributed by atoms with Crippen LogP contribution < -0.4 is 10.2 Å². The number of nitro benzene ring substituents is 1. The van der Waals surface area contributed by atoms with Crippen molar-refractivity contribution >= 4 is 23.0 Å². The monoisotopic (exact) mass is 496 g/mol. The average molecular weight is 497 g/mol. The molecule has 1 aromatic heterocycles. The Labute approximate surface area is 215 Å². The molecule has 0 radical (unpaired) electrons. The summed E-state index contributed by atoms with van der Waals surface area (Å²) in [5.74, 6) is -0.164. The van der Waals surface area contributed by atoms with E-state index in [1.165, 1.54) is 12.1 Å². The van der Waals surface area contributed by atoms with Crippen molar-refractivity contribution in [1.82, 2.24) is 14.7 Å². The Kier molecular flexibility index (Phi) is 6.96. The van der Waals surface area contributed by atoms with Gasteiger partial charge in [-0.05, 0) is 55.6 Å². The van der Waals surface area contributed by atoms with Crippen molar-refractivity contribution in [1.29, 1.82) is 0 Å². The van der Waals surface area contributed by atoms with Crippen molar-refractivity contribution in [2.24, 2.45) is 0 Å². The summed E-state index contributed by atoms with van der Waals surface area (Å²) in [7, 11) is 2.13. The number of rotatable bonds is 7. The van der Waals surface area contributed by atoms with Gasteiger partial charge in [0.2, 0.25) is 5.91 Å². The highest BCUT2D eigenvalue weighted by Crippen LogP contribution is 2.27. The van der Waals surface area contributed by atoms with Gasteiger partial charge in [0.1, 0.15) is 0 Å². The fraction of sp³-hybridized carbons (Fsp3) is 0.214. The molecule has 1 aliphatic heterocycles. The number of para-hydroxylation sites is 1. The third-order valence-electron chi connectivity index (χ3n) is 6.53. The fourth-order valence-electron chi connectivity index (χ4n) is 4.43. The number of benzene rings is 3. The van der Waals surface area contributed by atoms with Crippen LogP contribution in [0.15, 0.2) is 85.1 Å². The van der Waals surface area contributed by atoms with Gasteiger partial charge in [0, 0.05) is 67.0 Å². The van der Waals surface area contributed by atoms with E-state index in [0.717, 1.165) is 48.8 Å². The Morgan fingerprint density at radius 1 is 0.919 bits per heavy atom. The largest absolute Gasteiger partial charge is 0.369 e. The quantitative estimate of drug-likeness (QED) is 0.301. The molecular formula is C28H28N6O3. The van der Waals surface area contributed by atoms with Crippen LogP contribution in [-0.4, -0.2) is 58.7 Å². The summed E-state index contributed by atoms with van der Waals surface area (Å²) in [6, 6.07) is 23.8. The summed E-state index contributed by atoms with van der Waals surface area (Å²) >= 11 is 0. The number of carbonyl (C=O) groups is 1. The molecule has 0 aliphatic carbocycles. The van der Waals surface area contributed by atoms with E-state index in [2.05, 4.69) is 22.2 Å². The van der Waals surface area contributed by atoms with E-state index in [-0.39, 0.29) is 18.0 Å². The first-order valence-corrected chi connectivity index (χ1v) is 12.2. The van der Waals surface area contributed by atoms with E-state index in [9.17, 15) is 14.9 Å². The number of likely N-dealkylation sites (N-methyl/N-ethyl adjacent to an activating group) is 1. The highest BCUT2D eigenvalue weighted by Gasteiger charge is 2.18. The first kappa shape index (κ1) is 24.2. The summed E-state index contributed by atoms with van der Waals surface area (Å²) in [6.07, 6.45) is 1.95. The minimum absolute atomic E-state index is 0.00514. The molecule has 4 aromatic rings. The molecule has 0 atom stereocenters. The van der Waals surface area contributed by atoms with Crippen LogP contribution in [0, 0.1) is 10.1 Å². The first-order chi connectivity index (χ1) is 18.0. The minimum atomic E-state index is -0.435. The number of hydrogen-bond donors (Lipinski definition) is 1. The van der Waals surface area contributed by atoms with Crippen LogP contribution in [0.25, 0.3) is 16.9 Å². The van der Waals surface area contributed by atoms with Gasteiger partial charge < -0.3 is 15.1 Å². The van der Waals surface area contributed by atoms with Gasteiger partial charge in [-0.25, -0.2) is 4.68 Å². The fourth-order valence-corrected chi connectivity index (χ4v) is 4.43. The highest BCUT2D eigenvalue weighted by molar-refractivity contribution is 5.93. The minimum Gasteiger partial charge on any atom is -0.369 e. The van der Waals surface area contributed by atoms with Crippen LogP contribution in [0.1, 0.15) is 5.56 Å². The Balaban J connectivity index is 1.34. The molecule has 37 heavy (non-hydrogen) atoms. The van der Waals surface area contributed by atoms with Crippen LogP contribution in [0.5, 0.6) is 0 Å². The van der Waals surface area contributed by atoms with E-state index < -0.39 is 4.92 Å². The van der Waals surface area contributed by atoms with E-state index in [4.69, 9.17) is 5.10 Å². The smallest absolute Gasteiger partial charge is 0.269 e. The zero-order chi connectivity index (χ0) is 25.8. The van der Waals surface area contributed by atoms with Gasteiger partial charge in [-0.3, -0.25) is 14.9 Å². The van der Waals surface area contributed by atoms with Crippen LogP contribution >= 0.6 is 0 Å². The maximum atomic E-state index is 13.0. The second-order valence-electron chi connectivity index (χ2n) is 9.15. The molecule has 0 bridgehead atoms. The summed E-state index contributed by atoms with van der Waals surface area (Å²) < 4.78 is 1.73. The van der Waals surface area contributed by atoms with Gasteiger partial charge in [-0.15, -0.1) is 0 Å². The normalized spacial score (nSPS) is 13.9. The van der Waals surface area contributed by atoms with Gasteiger partial charge in [0.15, 0.2) is 0 Å². The van der Waals surface area contributed by atoms with Gasteiger partial charge in [-0.2, -0.15) is 5.10 Å². The number of nitrogens with one attached hydrogen (secondary N) is 1. The number of amides is 1. The number of anilines is 2. The van der Waals surface area contributed by atoms with Crippen molar-refractivity contribution in [3.8, 4) is 16.9 Å². The van der Waals surface area contributed by atoms with Gasteiger partial charge in [0.25, 0.3) is 5.69 Å². The molecule has 188 valence electrons. The van der Waals surface area contributed by atoms with Crippen molar-refractivity contribution in [3.63, 3.8) is 0 Å². The molecule has 0 unspecified atom stereocenters. The molecule has 9 nitrogen and oxygen atoms in total. The number of piperazine rings is 1. The zero-order valence-corrected chi connectivity index (χ0v) is 20.6. The predicted octanol–water partition coefficient (Wildman–Crippen LogP) is 4.38. The van der Waals surface area contributed by atoms with Crippen LogP contribution in [0.3, 0.4) is 0 Å². The van der Waals surface area contributed by atoms with E-state index in [1.807, 2.05) is 60.8 Å². The van der Waals surface area contributed by atoms with E-state index >= 15 is 0 Å².